The highest BCUT2D eigenvalue weighted by Crippen LogP contribution is 2.39. The number of nitrogens with zero attached hydrogens (tertiary/aromatic N) is 1. The van der Waals surface area contributed by atoms with Crippen LogP contribution >= 0.6 is 0 Å². The molecule has 1 saturated heterocycles. The lowest BCUT2D eigenvalue weighted by Crippen LogP contribution is -2.57. The molecule has 0 radical (unpaired) electrons. The van der Waals surface area contributed by atoms with Crippen molar-refractivity contribution < 1.29 is 43.6 Å². The van der Waals surface area contributed by atoms with Crippen LogP contribution < -0.4 is 20.7 Å². The normalized spacial score (nSPS) is 17.4. The van der Waals surface area contributed by atoms with Crippen LogP contribution in [0.2, 0.25) is 0 Å². The molecule has 1 aliphatic heterocycles. The van der Waals surface area contributed by atoms with E-state index in [-0.39, 0.29) is 36.6 Å². The summed E-state index contributed by atoms with van der Waals surface area (Å²) in [6.45, 7) is 5.48. The number of nitrogens with one attached hydrogen (secondary N) is 3. The minimum atomic E-state index is -1.33. The number of rotatable bonds is 9. The lowest BCUT2D eigenvalue weighted by Gasteiger charge is -2.45. The molecule has 1 heterocycles. The van der Waals surface area contributed by atoms with Crippen molar-refractivity contribution in [3.63, 3.8) is 0 Å². The number of carbonyl (C=O) groups is 4. The predicted molar refractivity (Wildman–Crippen MR) is 193 cm³/mol. The fourth-order valence-electron chi connectivity index (χ4n) is 6.22. The van der Waals surface area contributed by atoms with Gasteiger partial charge in [0.25, 0.3) is 5.91 Å². The Morgan fingerprint density at radius 3 is 2.12 bits per heavy atom. The van der Waals surface area contributed by atoms with E-state index in [0.717, 1.165) is 5.56 Å². The van der Waals surface area contributed by atoms with Crippen LogP contribution in [0.1, 0.15) is 48.7 Å². The van der Waals surface area contributed by atoms with Gasteiger partial charge in [0.05, 0.1) is 57.0 Å². The summed E-state index contributed by atoms with van der Waals surface area (Å²) in [7, 11) is 2.67. The second-order valence-electron chi connectivity index (χ2n) is 13.3. The van der Waals surface area contributed by atoms with Crippen LogP contribution in [0.15, 0.2) is 78.9 Å². The maximum Gasteiger partial charge on any atom is 0.411 e. The Kier molecular flexibility index (Phi) is 10.8. The molecule has 13 nitrogen and oxygen atoms in total. The van der Waals surface area contributed by atoms with Crippen molar-refractivity contribution >= 4 is 51.8 Å². The molecule has 4 amide bonds. The number of ether oxygens (including phenoxy) is 3. The number of morpholine rings is 1. The third-order valence-corrected chi connectivity index (χ3v) is 8.74. The van der Waals surface area contributed by atoms with Crippen LogP contribution in [0.5, 0.6) is 5.75 Å². The van der Waals surface area contributed by atoms with Gasteiger partial charge in [-0.3, -0.25) is 14.9 Å². The Morgan fingerprint density at radius 2 is 1.51 bits per heavy atom. The first-order chi connectivity index (χ1) is 24.3. The maximum atomic E-state index is 14.3. The highest BCUT2D eigenvalue weighted by atomic mass is 16.5. The van der Waals surface area contributed by atoms with E-state index in [4.69, 9.17) is 14.2 Å². The van der Waals surface area contributed by atoms with E-state index in [0.29, 0.717) is 39.0 Å². The second-order valence-corrected chi connectivity index (χ2v) is 13.3. The molecule has 0 saturated carbocycles. The molecule has 0 spiro atoms. The number of aliphatic carboxylic acids is 1. The Balaban J connectivity index is 1.46. The Morgan fingerprint density at radius 1 is 0.882 bits per heavy atom. The topological polar surface area (TPSA) is 176 Å². The smallest absolute Gasteiger partial charge is 0.411 e. The zero-order valence-electron chi connectivity index (χ0n) is 29.1. The van der Waals surface area contributed by atoms with Crippen molar-refractivity contribution in [1.82, 2.24) is 4.90 Å². The molecule has 4 aromatic carbocycles. The predicted octanol–water partition coefficient (Wildman–Crippen LogP) is 6.17. The van der Waals surface area contributed by atoms with Crippen molar-refractivity contribution in [2.45, 2.75) is 44.3 Å². The van der Waals surface area contributed by atoms with Crippen LogP contribution in [0, 0.1) is 0 Å². The first-order valence-corrected chi connectivity index (χ1v) is 16.3. The number of carboxylic acids is 1. The molecular formula is C38H42N4O9. The van der Waals surface area contributed by atoms with Gasteiger partial charge < -0.3 is 40.0 Å². The average Bonchev–Trinajstić information content (AvgIpc) is 3.10. The fraction of sp³-hybridized carbons (Fsp3) is 0.316. The van der Waals surface area contributed by atoms with Gasteiger partial charge in [-0.05, 0) is 46.2 Å². The fourth-order valence-corrected chi connectivity index (χ4v) is 6.22. The molecule has 13 heteroatoms. The molecule has 5 N–H and O–H groups in total. The highest BCUT2D eigenvalue weighted by Gasteiger charge is 2.44. The van der Waals surface area contributed by atoms with E-state index in [2.05, 4.69) is 16.0 Å². The molecule has 51 heavy (non-hydrogen) atoms. The molecule has 0 bridgehead atoms. The summed E-state index contributed by atoms with van der Waals surface area (Å²) in [4.78, 5) is 53.1. The Hall–Kier alpha value is -5.66. The summed E-state index contributed by atoms with van der Waals surface area (Å²) in [5.74, 6) is -1.26. The Labute approximate surface area is 295 Å². The standard InChI is InChI=1S/C38H42N4O9/c1-37(2,3)24-17-30(33(49-4)31(18-24)41-36(48)50-5)40-35(47)39-29-16-15-28(26-13-9-10-14-27(26)29)34(46)42-20-25(19-32(44)45)51-38(21-42,22-43)23-11-7-6-8-12-23/h6-18,25,43H,19-22H2,1-5H3,(H,41,48)(H,44,45)(H2,39,40,47). The highest BCUT2D eigenvalue weighted by molar-refractivity contribution is 6.13. The maximum absolute atomic E-state index is 14.3. The first kappa shape index (κ1) is 36.6. The van der Waals surface area contributed by atoms with Crippen LogP contribution in [0.3, 0.4) is 0 Å². The number of hydrogen-bond acceptors (Lipinski definition) is 8. The molecule has 2 atom stereocenters. The summed E-state index contributed by atoms with van der Waals surface area (Å²) < 4.78 is 16.5. The summed E-state index contributed by atoms with van der Waals surface area (Å²) in [6, 6.07) is 22.2. The molecular weight excluding hydrogens is 656 g/mol. The number of hydrogen-bond donors (Lipinski definition) is 5. The van der Waals surface area contributed by atoms with E-state index < -0.39 is 36.4 Å². The van der Waals surface area contributed by atoms with Crippen LogP contribution in [-0.4, -0.2) is 79.1 Å². The van der Waals surface area contributed by atoms with Crippen LogP contribution in [0.25, 0.3) is 10.8 Å². The van der Waals surface area contributed by atoms with Crippen LogP contribution in [-0.2, 0) is 25.3 Å². The van der Waals surface area contributed by atoms with Crippen molar-refractivity contribution in [3.8, 4) is 5.75 Å². The molecule has 1 aliphatic rings. The lowest BCUT2D eigenvalue weighted by atomic mass is 9.86. The third-order valence-electron chi connectivity index (χ3n) is 8.74. The van der Waals surface area contributed by atoms with Gasteiger partial charge in [-0.25, -0.2) is 9.59 Å². The van der Waals surface area contributed by atoms with Crippen molar-refractivity contribution in [3.05, 3.63) is 95.6 Å². The number of anilines is 3. The Bertz CT molecular complexity index is 1940. The quantitative estimate of drug-likeness (QED) is 0.137. The number of methoxy groups -OCH3 is 2. The first-order valence-electron chi connectivity index (χ1n) is 16.3. The molecule has 268 valence electrons. The average molecular weight is 699 g/mol. The van der Waals surface area contributed by atoms with E-state index in [1.54, 1.807) is 72.8 Å². The van der Waals surface area contributed by atoms with Gasteiger partial charge in [0.1, 0.15) is 5.60 Å². The van der Waals surface area contributed by atoms with Crippen molar-refractivity contribution in [2.24, 2.45) is 0 Å². The number of carbonyl (C=O) groups excluding carboxylic acids is 3. The molecule has 4 aromatic rings. The number of aliphatic hydroxyl groups excluding tert-OH is 1. The minimum absolute atomic E-state index is 0.00125. The van der Waals surface area contributed by atoms with Crippen molar-refractivity contribution in [1.29, 1.82) is 0 Å². The lowest BCUT2D eigenvalue weighted by molar-refractivity contribution is -0.179. The van der Waals surface area contributed by atoms with E-state index in [1.165, 1.54) is 19.1 Å². The summed E-state index contributed by atoms with van der Waals surface area (Å²) in [6.07, 6.45) is -1.94. The van der Waals surface area contributed by atoms with Crippen molar-refractivity contribution in [2.75, 3.05) is 49.9 Å². The van der Waals surface area contributed by atoms with Crippen LogP contribution in [0.4, 0.5) is 26.7 Å². The molecule has 0 aliphatic carbocycles. The zero-order chi connectivity index (χ0) is 36.9. The van der Waals surface area contributed by atoms with E-state index in [1.807, 2.05) is 26.8 Å². The van der Waals surface area contributed by atoms with Gasteiger partial charge in [0, 0.05) is 17.5 Å². The summed E-state index contributed by atoms with van der Waals surface area (Å²) in [5, 5.41) is 29.6. The monoisotopic (exact) mass is 698 g/mol. The van der Waals surface area contributed by atoms with E-state index in [9.17, 15) is 29.4 Å². The SMILES string of the molecule is COC(=O)Nc1cc(C(C)(C)C)cc(NC(=O)Nc2ccc(C(=O)N3CC(CC(=O)O)OC(CO)(c4ccccc4)C3)c3ccccc23)c1OC. The van der Waals surface area contributed by atoms with Gasteiger partial charge in [-0.1, -0.05) is 75.4 Å². The zero-order valence-corrected chi connectivity index (χ0v) is 29.1. The molecule has 2 unspecified atom stereocenters. The number of aliphatic hydroxyl groups is 1. The van der Waals surface area contributed by atoms with Gasteiger partial charge >= 0.3 is 18.1 Å². The number of benzene rings is 4. The molecule has 5 rings (SSSR count). The number of urea groups is 1. The summed E-state index contributed by atoms with van der Waals surface area (Å²) >= 11 is 0. The second kappa shape index (κ2) is 15.1. The van der Waals surface area contributed by atoms with Gasteiger partial charge in [-0.2, -0.15) is 0 Å². The molecule has 0 aromatic heterocycles. The third kappa shape index (κ3) is 8.05. The summed E-state index contributed by atoms with van der Waals surface area (Å²) in [5.41, 5.74) is 1.10. The van der Waals surface area contributed by atoms with Gasteiger partial charge in [0.15, 0.2) is 5.75 Å². The largest absolute Gasteiger partial charge is 0.492 e. The minimum Gasteiger partial charge on any atom is -0.492 e. The van der Waals surface area contributed by atoms with Gasteiger partial charge in [0.2, 0.25) is 0 Å². The number of fused-ring (bicyclic) bond motifs is 1. The van der Waals surface area contributed by atoms with Gasteiger partial charge in [-0.15, -0.1) is 0 Å². The number of amides is 4. The number of carboxylic acid groups (broad SMARTS) is 1. The van der Waals surface area contributed by atoms with E-state index >= 15 is 0 Å². The molecule has 1 fully saturated rings.